The molecule has 0 radical (unpaired) electrons. The van der Waals surface area contributed by atoms with Crippen molar-refractivity contribution in [1.82, 2.24) is 5.32 Å². The van der Waals surface area contributed by atoms with Crippen LogP contribution in [0.15, 0.2) is 0 Å². The van der Waals surface area contributed by atoms with E-state index in [0.29, 0.717) is 12.5 Å². The standard InChI is InChI=1S/C10H22N2OS/c1-8(2)6-9(7-11)10(13)12-4-5-14-3/h8-9H,4-7,11H2,1-3H3,(H,12,13). The molecule has 4 heteroatoms. The normalized spacial score (nSPS) is 12.9. The molecule has 0 aromatic heterocycles. The summed E-state index contributed by atoms with van der Waals surface area (Å²) in [5.41, 5.74) is 5.56. The van der Waals surface area contributed by atoms with Gasteiger partial charge in [0.2, 0.25) is 5.91 Å². The van der Waals surface area contributed by atoms with Crippen molar-refractivity contribution in [2.24, 2.45) is 17.6 Å². The SMILES string of the molecule is CSCCNC(=O)C(CN)CC(C)C. The van der Waals surface area contributed by atoms with Crippen LogP contribution < -0.4 is 11.1 Å². The second-order valence-electron chi connectivity index (χ2n) is 3.85. The zero-order valence-electron chi connectivity index (χ0n) is 9.38. The Morgan fingerprint density at radius 2 is 2.14 bits per heavy atom. The zero-order chi connectivity index (χ0) is 11.0. The van der Waals surface area contributed by atoms with Crippen LogP contribution in [-0.4, -0.2) is 31.0 Å². The van der Waals surface area contributed by atoms with E-state index in [9.17, 15) is 4.79 Å². The lowest BCUT2D eigenvalue weighted by Gasteiger charge is -2.16. The van der Waals surface area contributed by atoms with Gasteiger partial charge in [-0.25, -0.2) is 0 Å². The van der Waals surface area contributed by atoms with E-state index in [2.05, 4.69) is 19.2 Å². The van der Waals surface area contributed by atoms with Crippen LogP contribution in [0.2, 0.25) is 0 Å². The average Bonchev–Trinajstić information content (AvgIpc) is 2.14. The quantitative estimate of drug-likeness (QED) is 0.629. The lowest BCUT2D eigenvalue weighted by atomic mass is 9.96. The highest BCUT2D eigenvalue weighted by Gasteiger charge is 2.17. The van der Waals surface area contributed by atoms with Gasteiger partial charge in [-0.05, 0) is 18.6 Å². The monoisotopic (exact) mass is 218 g/mol. The first-order valence-electron chi connectivity index (χ1n) is 5.08. The summed E-state index contributed by atoms with van der Waals surface area (Å²) in [4.78, 5) is 11.6. The van der Waals surface area contributed by atoms with Gasteiger partial charge in [-0.2, -0.15) is 11.8 Å². The van der Waals surface area contributed by atoms with Crippen LogP contribution in [0.1, 0.15) is 20.3 Å². The number of thioether (sulfide) groups is 1. The molecule has 3 N–H and O–H groups in total. The number of nitrogens with one attached hydrogen (secondary N) is 1. The average molecular weight is 218 g/mol. The minimum absolute atomic E-state index is 0.0168. The van der Waals surface area contributed by atoms with E-state index in [0.717, 1.165) is 18.7 Å². The molecule has 0 rings (SSSR count). The summed E-state index contributed by atoms with van der Waals surface area (Å²) in [5, 5.41) is 2.90. The number of carbonyl (C=O) groups excluding carboxylic acids is 1. The fraction of sp³-hybridized carbons (Fsp3) is 0.900. The van der Waals surface area contributed by atoms with Crippen molar-refractivity contribution in [2.45, 2.75) is 20.3 Å². The fourth-order valence-corrected chi connectivity index (χ4v) is 1.61. The predicted molar refractivity (Wildman–Crippen MR) is 63.4 cm³/mol. The molecule has 0 aliphatic heterocycles. The van der Waals surface area contributed by atoms with Crippen molar-refractivity contribution in [3.05, 3.63) is 0 Å². The minimum atomic E-state index is -0.0168. The van der Waals surface area contributed by atoms with Crippen LogP contribution in [-0.2, 0) is 4.79 Å². The zero-order valence-corrected chi connectivity index (χ0v) is 10.2. The third kappa shape index (κ3) is 6.27. The van der Waals surface area contributed by atoms with Crippen molar-refractivity contribution in [2.75, 3.05) is 25.1 Å². The van der Waals surface area contributed by atoms with Gasteiger partial charge in [0.15, 0.2) is 0 Å². The number of nitrogens with two attached hydrogens (primary N) is 1. The second-order valence-corrected chi connectivity index (χ2v) is 4.83. The van der Waals surface area contributed by atoms with E-state index in [4.69, 9.17) is 5.73 Å². The summed E-state index contributed by atoms with van der Waals surface area (Å²) >= 11 is 1.73. The molecule has 0 saturated heterocycles. The first-order chi connectivity index (χ1) is 6.61. The fourth-order valence-electron chi connectivity index (χ4n) is 1.30. The molecule has 84 valence electrons. The van der Waals surface area contributed by atoms with Crippen LogP contribution in [0.25, 0.3) is 0 Å². The second kappa shape index (κ2) is 8.12. The van der Waals surface area contributed by atoms with Crippen molar-refractivity contribution in [3.8, 4) is 0 Å². The van der Waals surface area contributed by atoms with E-state index in [1.807, 2.05) is 6.26 Å². The molecule has 0 heterocycles. The smallest absolute Gasteiger partial charge is 0.224 e. The van der Waals surface area contributed by atoms with Crippen molar-refractivity contribution >= 4 is 17.7 Å². The highest BCUT2D eigenvalue weighted by Crippen LogP contribution is 2.10. The Labute approximate surface area is 91.2 Å². The maximum atomic E-state index is 11.6. The number of amides is 1. The van der Waals surface area contributed by atoms with Crippen LogP contribution >= 0.6 is 11.8 Å². The summed E-state index contributed by atoms with van der Waals surface area (Å²) in [6.07, 6.45) is 2.91. The minimum Gasteiger partial charge on any atom is -0.355 e. The Morgan fingerprint density at radius 1 is 1.50 bits per heavy atom. The number of carbonyl (C=O) groups is 1. The largest absolute Gasteiger partial charge is 0.355 e. The molecule has 14 heavy (non-hydrogen) atoms. The Bertz CT molecular complexity index is 162. The first-order valence-corrected chi connectivity index (χ1v) is 6.47. The third-order valence-electron chi connectivity index (χ3n) is 2.02. The van der Waals surface area contributed by atoms with Gasteiger partial charge < -0.3 is 11.1 Å². The highest BCUT2D eigenvalue weighted by molar-refractivity contribution is 7.98. The summed E-state index contributed by atoms with van der Waals surface area (Å²) in [6.45, 7) is 5.41. The molecule has 0 aromatic carbocycles. The van der Waals surface area contributed by atoms with E-state index in [-0.39, 0.29) is 11.8 Å². The number of hydrogen-bond donors (Lipinski definition) is 2. The first kappa shape index (κ1) is 13.8. The molecule has 0 aliphatic rings. The van der Waals surface area contributed by atoms with Gasteiger partial charge in [-0.1, -0.05) is 13.8 Å². The molecule has 3 nitrogen and oxygen atoms in total. The van der Waals surface area contributed by atoms with Gasteiger partial charge in [0.05, 0.1) is 5.92 Å². The van der Waals surface area contributed by atoms with Gasteiger partial charge in [0, 0.05) is 18.8 Å². The molecule has 0 aromatic rings. The van der Waals surface area contributed by atoms with Crippen LogP contribution in [0, 0.1) is 11.8 Å². The topological polar surface area (TPSA) is 55.1 Å². The van der Waals surface area contributed by atoms with E-state index in [1.54, 1.807) is 11.8 Å². The van der Waals surface area contributed by atoms with E-state index < -0.39 is 0 Å². The van der Waals surface area contributed by atoms with Gasteiger partial charge in [-0.15, -0.1) is 0 Å². The van der Waals surface area contributed by atoms with Gasteiger partial charge >= 0.3 is 0 Å². The summed E-state index contributed by atoms with van der Waals surface area (Å²) in [5.74, 6) is 1.58. The maximum absolute atomic E-state index is 11.6. The van der Waals surface area contributed by atoms with E-state index in [1.165, 1.54) is 0 Å². The number of rotatable bonds is 7. The molecule has 0 spiro atoms. The van der Waals surface area contributed by atoms with Crippen molar-refractivity contribution in [3.63, 3.8) is 0 Å². The molecule has 1 atom stereocenters. The Morgan fingerprint density at radius 3 is 2.57 bits per heavy atom. The van der Waals surface area contributed by atoms with Crippen LogP contribution in [0.5, 0.6) is 0 Å². The van der Waals surface area contributed by atoms with Gasteiger partial charge in [0.25, 0.3) is 0 Å². The van der Waals surface area contributed by atoms with E-state index >= 15 is 0 Å². The summed E-state index contributed by atoms with van der Waals surface area (Å²) < 4.78 is 0. The molecule has 0 fully saturated rings. The Kier molecular flexibility index (Phi) is 7.99. The highest BCUT2D eigenvalue weighted by atomic mass is 32.2. The maximum Gasteiger partial charge on any atom is 0.224 e. The third-order valence-corrected chi connectivity index (χ3v) is 2.63. The Hall–Kier alpha value is -0.220. The van der Waals surface area contributed by atoms with Gasteiger partial charge in [-0.3, -0.25) is 4.79 Å². The molecule has 0 aliphatic carbocycles. The molecule has 1 amide bonds. The Balaban J connectivity index is 3.79. The summed E-state index contributed by atoms with van der Waals surface area (Å²) in [7, 11) is 0. The molecular formula is C10H22N2OS. The molecular weight excluding hydrogens is 196 g/mol. The molecule has 1 unspecified atom stereocenters. The predicted octanol–water partition coefficient (Wildman–Crippen LogP) is 1.09. The molecule has 0 saturated carbocycles. The lowest BCUT2D eigenvalue weighted by Crippen LogP contribution is -2.36. The van der Waals surface area contributed by atoms with Crippen molar-refractivity contribution < 1.29 is 4.79 Å². The molecule has 0 bridgehead atoms. The van der Waals surface area contributed by atoms with Crippen molar-refractivity contribution in [1.29, 1.82) is 0 Å². The van der Waals surface area contributed by atoms with Gasteiger partial charge in [0.1, 0.15) is 0 Å². The number of hydrogen-bond acceptors (Lipinski definition) is 3. The lowest BCUT2D eigenvalue weighted by molar-refractivity contribution is -0.125. The summed E-state index contributed by atoms with van der Waals surface area (Å²) in [6, 6.07) is 0. The van der Waals surface area contributed by atoms with Crippen LogP contribution in [0.3, 0.4) is 0 Å². The van der Waals surface area contributed by atoms with Crippen LogP contribution in [0.4, 0.5) is 0 Å².